The second-order valence-electron chi connectivity index (χ2n) is 4.51. The third-order valence-electron chi connectivity index (χ3n) is 2.99. The van der Waals surface area contributed by atoms with Gasteiger partial charge in [-0.15, -0.1) is 0 Å². The lowest BCUT2D eigenvalue weighted by molar-refractivity contribution is -0.138. The summed E-state index contributed by atoms with van der Waals surface area (Å²) in [5.74, 6) is -0.774. The molecule has 5 nitrogen and oxygen atoms in total. The number of aliphatic carboxylic acids is 1. The summed E-state index contributed by atoms with van der Waals surface area (Å²) in [7, 11) is 1.72. The quantitative estimate of drug-likeness (QED) is 0.763. The summed E-state index contributed by atoms with van der Waals surface area (Å²) in [6.45, 7) is 1.25. The zero-order chi connectivity index (χ0) is 12.7. The molecule has 1 heterocycles. The van der Waals surface area contributed by atoms with Crippen molar-refractivity contribution in [3.05, 3.63) is 0 Å². The van der Waals surface area contributed by atoms with E-state index in [0.717, 1.165) is 25.9 Å². The lowest BCUT2D eigenvalue weighted by atomic mass is 10.1. The largest absolute Gasteiger partial charge is 0.481 e. The molecule has 0 unspecified atom stereocenters. The Morgan fingerprint density at radius 1 is 1.41 bits per heavy atom. The van der Waals surface area contributed by atoms with Gasteiger partial charge in [-0.1, -0.05) is 0 Å². The highest BCUT2D eigenvalue weighted by Gasteiger charge is 2.19. The normalized spacial score (nSPS) is 19.9. The van der Waals surface area contributed by atoms with Crippen molar-refractivity contribution in [2.75, 3.05) is 20.2 Å². The van der Waals surface area contributed by atoms with E-state index in [1.54, 1.807) is 11.9 Å². The number of rotatable bonds is 6. The first kappa shape index (κ1) is 14.0. The molecule has 98 valence electrons. The van der Waals surface area contributed by atoms with Crippen LogP contribution in [0.15, 0.2) is 0 Å². The van der Waals surface area contributed by atoms with Crippen LogP contribution < -0.4 is 0 Å². The fourth-order valence-corrected chi connectivity index (χ4v) is 1.91. The molecule has 1 aliphatic rings. The molecule has 1 aliphatic heterocycles. The van der Waals surface area contributed by atoms with Crippen LogP contribution in [0, 0.1) is 0 Å². The zero-order valence-electron chi connectivity index (χ0n) is 10.4. The van der Waals surface area contributed by atoms with Gasteiger partial charge in [0.05, 0.1) is 12.5 Å². The van der Waals surface area contributed by atoms with Crippen LogP contribution in [0.25, 0.3) is 0 Å². The Balaban J connectivity index is 2.18. The van der Waals surface area contributed by atoms with Gasteiger partial charge in [0.2, 0.25) is 5.91 Å². The minimum absolute atomic E-state index is 0.0438. The molecule has 1 atom stereocenters. The summed E-state index contributed by atoms with van der Waals surface area (Å²) in [5.41, 5.74) is 0. The van der Waals surface area contributed by atoms with Crippen LogP contribution in [0.3, 0.4) is 0 Å². The summed E-state index contributed by atoms with van der Waals surface area (Å²) in [6.07, 6.45) is 4.25. The number of hydrogen-bond donors (Lipinski definition) is 1. The maximum Gasteiger partial charge on any atom is 0.303 e. The molecular formula is C12H21NO4. The van der Waals surface area contributed by atoms with Crippen molar-refractivity contribution in [1.82, 2.24) is 4.90 Å². The summed E-state index contributed by atoms with van der Waals surface area (Å²) in [5, 5.41) is 8.50. The van der Waals surface area contributed by atoms with Crippen molar-refractivity contribution in [3.8, 4) is 0 Å². The van der Waals surface area contributed by atoms with E-state index in [1.165, 1.54) is 0 Å². The Kier molecular flexibility index (Phi) is 5.97. The summed E-state index contributed by atoms with van der Waals surface area (Å²) >= 11 is 0. The van der Waals surface area contributed by atoms with Crippen molar-refractivity contribution >= 4 is 11.9 Å². The fourth-order valence-electron chi connectivity index (χ4n) is 1.91. The monoisotopic (exact) mass is 243 g/mol. The number of nitrogens with zero attached hydrogens (tertiary/aromatic N) is 1. The third kappa shape index (κ3) is 5.68. The maximum atomic E-state index is 11.8. The van der Waals surface area contributed by atoms with Crippen molar-refractivity contribution in [3.63, 3.8) is 0 Å². The van der Waals surface area contributed by atoms with Crippen molar-refractivity contribution in [2.24, 2.45) is 0 Å². The predicted molar refractivity (Wildman–Crippen MR) is 62.7 cm³/mol. The van der Waals surface area contributed by atoms with Gasteiger partial charge in [-0.05, 0) is 25.7 Å². The van der Waals surface area contributed by atoms with E-state index in [4.69, 9.17) is 9.84 Å². The molecule has 1 fully saturated rings. The fraction of sp³-hybridized carbons (Fsp3) is 0.833. The topological polar surface area (TPSA) is 66.8 Å². The molecule has 0 aromatic carbocycles. The van der Waals surface area contributed by atoms with E-state index < -0.39 is 5.97 Å². The molecule has 0 radical (unpaired) electrons. The Hall–Kier alpha value is -1.10. The van der Waals surface area contributed by atoms with E-state index in [2.05, 4.69) is 0 Å². The van der Waals surface area contributed by atoms with Gasteiger partial charge in [-0.3, -0.25) is 9.59 Å². The van der Waals surface area contributed by atoms with Crippen LogP contribution in [-0.4, -0.2) is 48.2 Å². The molecule has 0 aromatic heterocycles. The average molecular weight is 243 g/mol. The van der Waals surface area contributed by atoms with Crippen LogP contribution in [0.2, 0.25) is 0 Å². The lowest BCUT2D eigenvalue weighted by Crippen LogP contribution is -2.33. The summed E-state index contributed by atoms with van der Waals surface area (Å²) in [6, 6.07) is 0. The molecule has 1 amide bonds. The Bertz CT molecular complexity index is 261. The lowest BCUT2D eigenvalue weighted by Gasteiger charge is -2.24. The minimum atomic E-state index is -0.818. The Labute approximate surface area is 102 Å². The van der Waals surface area contributed by atoms with E-state index in [-0.39, 0.29) is 18.4 Å². The maximum absolute atomic E-state index is 11.8. The predicted octanol–water partition coefficient (Wildman–Crippen LogP) is 1.27. The van der Waals surface area contributed by atoms with Crippen LogP contribution >= 0.6 is 0 Å². The number of ether oxygens (including phenoxy) is 1. The van der Waals surface area contributed by atoms with Crippen LogP contribution in [0.1, 0.15) is 38.5 Å². The molecule has 5 heteroatoms. The number of amides is 1. The highest BCUT2D eigenvalue weighted by Crippen LogP contribution is 2.16. The van der Waals surface area contributed by atoms with E-state index >= 15 is 0 Å². The Morgan fingerprint density at radius 3 is 2.76 bits per heavy atom. The van der Waals surface area contributed by atoms with Crippen molar-refractivity contribution in [1.29, 1.82) is 0 Å². The van der Waals surface area contributed by atoms with E-state index in [1.807, 2.05) is 0 Å². The van der Waals surface area contributed by atoms with E-state index in [9.17, 15) is 9.59 Å². The molecule has 1 rings (SSSR count). The molecule has 0 aromatic rings. The minimum Gasteiger partial charge on any atom is -0.481 e. The smallest absolute Gasteiger partial charge is 0.303 e. The van der Waals surface area contributed by atoms with Gasteiger partial charge in [0.1, 0.15) is 0 Å². The van der Waals surface area contributed by atoms with Gasteiger partial charge in [0.25, 0.3) is 0 Å². The highest BCUT2D eigenvalue weighted by atomic mass is 16.5. The molecule has 1 saturated heterocycles. The highest BCUT2D eigenvalue weighted by molar-refractivity contribution is 5.76. The average Bonchev–Trinajstić information content (AvgIpc) is 2.29. The Morgan fingerprint density at radius 2 is 2.18 bits per heavy atom. The van der Waals surface area contributed by atoms with Gasteiger partial charge >= 0.3 is 5.97 Å². The zero-order valence-corrected chi connectivity index (χ0v) is 10.4. The SMILES string of the molecule is CN(CCCC(=O)O)C(=O)C[C@H]1CCCCO1. The molecule has 0 saturated carbocycles. The van der Waals surface area contributed by atoms with Gasteiger partial charge in [0, 0.05) is 26.6 Å². The van der Waals surface area contributed by atoms with Gasteiger partial charge in [0.15, 0.2) is 0 Å². The molecule has 17 heavy (non-hydrogen) atoms. The first-order valence-electron chi connectivity index (χ1n) is 6.17. The molecule has 0 aliphatic carbocycles. The number of carbonyl (C=O) groups is 2. The van der Waals surface area contributed by atoms with Crippen molar-refractivity contribution in [2.45, 2.75) is 44.6 Å². The molecule has 1 N–H and O–H groups in total. The third-order valence-corrected chi connectivity index (χ3v) is 2.99. The van der Waals surface area contributed by atoms with E-state index in [0.29, 0.717) is 19.4 Å². The standard InChI is InChI=1S/C12H21NO4/c1-13(7-4-6-12(15)16)11(14)9-10-5-2-3-8-17-10/h10H,2-9H2,1H3,(H,15,16)/t10-/m1/s1. The summed E-state index contributed by atoms with van der Waals surface area (Å²) in [4.78, 5) is 23.7. The van der Waals surface area contributed by atoms with Gasteiger partial charge in [-0.2, -0.15) is 0 Å². The number of carboxylic acids is 1. The first-order valence-corrected chi connectivity index (χ1v) is 6.17. The number of carbonyl (C=O) groups excluding carboxylic acids is 1. The number of hydrogen-bond acceptors (Lipinski definition) is 3. The second-order valence-corrected chi connectivity index (χ2v) is 4.51. The first-order chi connectivity index (χ1) is 8.09. The van der Waals surface area contributed by atoms with Crippen molar-refractivity contribution < 1.29 is 19.4 Å². The molecule has 0 spiro atoms. The molecule has 0 bridgehead atoms. The van der Waals surface area contributed by atoms with Crippen LogP contribution in [0.4, 0.5) is 0 Å². The second kappa shape index (κ2) is 7.27. The summed E-state index contributed by atoms with van der Waals surface area (Å²) < 4.78 is 5.50. The van der Waals surface area contributed by atoms with Gasteiger partial charge < -0.3 is 14.7 Å². The van der Waals surface area contributed by atoms with Crippen LogP contribution in [0.5, 0.6) is 0 Å². The number of carboxylic acid groups (broad SMARTS) is 1. The van der Waals surface area contributed by atoms with Crippen LogP contribution in [-0.2, 0) is 14.3 Å². The molecular weight excluding hydrogens is 222 g/mol. The van der Waals surface area contributed by atoms with Gasteiger partial charge in [-0.25, -0.2) is 0 Å².